The van der Waals surface area contributed by atoms with E-state index >= 15 is 0 Å². The number of carbonyl (C=O) groups is 1. The molecule has 0 unspecified atom stereocenters. The molecule has 0 radical (unpaired) electrons. The molecule has 21 heavy (non-hydrogen) atoms. The maximum Gasteiger partial charge on any atom is 0.236 e. The van der Waals surface area contributed by atoms with Crippen LogP contribution in [0.5, 0.6) is 0 Å². The molecule has 2 saturated heterocycles. The second-order valence-corrected chi connectivity index (χ2v) is 6.47. The van der Waals surface area contributed by atoms with E-state index in [1.54, 1.807) is 11.3 Å². The van der Waals surface area contributed by atoms with Crippen molar-refractivity contribution < 1.29 is 9.53 Å². The number of carbonyl (C=O) groups excluding carboxylic acids is 1. The quantitative estimate of drug-likeness (QED) is 0.814. The summed E-state index contributed by atoms with van der Waals surface area (Å²) in [5, 5.41) is 3.09. The van der Waals surface area contributed by atoms with E-state index in [0.29, 0.717) is 13.2 Å². The summed E-state index contributed by atoms with van der Waals surface area (Å²) in [6.45, 7) is 8.38. The van der Waals surface area contributed by atoms with Crippen molar-refractivity contribution in [2.45, 2.75) is 13.0 Å². The molecular formula is C14H22N4O2S. The lowest BCUT2D eigenvalue weighted by Crippen LogP contribution is -2.52. The second-order valence-electron chi connectivity index (χ2n) is 5.60. The zero-order chi connectivity index (χ0) is 14.7. The molecule has 0 N–H and O–H groups in total. The average Bonchev–Trinajstić information content (AvgIpc) is 3.02. The van der Waals surface area contributed by atoms with Gasteiger partial charge in [-0.25, -0.2) is 4.98 Å². The van der Waals surface area contributed by atoms with Crippen LogP contribution in [0, 0.1) is 0 Å². The minimum atomic E-state index is 0.157. The van der Waals surface area contributed by atoms with Gasteiger partial charge in [-0.1, -0.05) is 0 Å². The summed E-state index contributed by atoms with van der Waals surface area (Å²) in [4.78, 5) is 23.1. The fourth-order valence-corrected chi connectivity index (χ4v) is 3.50. The van der Waals surface area contributed by atoms with Gasteiger partial charge < -0.3 is 14.5 Å². The summed E-state index contributed by atoms with van der Waals surface area (Å²) in [6.07, 6.45) is 2.00. The third kappa shape index (κ3) is 3.72. The number of piperazine rings is 1. The van der Waals surface area contributed by atoms with Gasteiger partial charge in [0, 0.05) is 50.8 Å². The normalized spacial score (nSPS) is 24.3. The number of thiazole rings is 1. The number of morpholine rings is 1. The summed E-state index contributed by atoms with van der Waals surface area (Å²) in [5.74, 6) is 0.229. The molecule has 0 saturated carbocycles. The smallest absolute Gasteiger partial charge is 0.236 e. The highest BCUT2D eigenvalue weighted by Crippen LogP contribution is 2.18. The second kappa shape index (κ2) is 6.72. The largest absolute Gasteiger partial charge is 0.375 e. The molecule has 1 amide bonds. The number of ether oxygens (including phenoxy) is 1. The van der Waals surface area contributed by atoms with Crippen LogP contribution in [0.2, 0.25) is 0 Å². The molecule has 0 bridgehead atoms. The van der Waals surface area contributed by atoms with Gasteiger partial charge in [0.25, 0.3) is 0 Å². The summed E-state index contributed by atoms with van der Waals surface area (Å²) in [7, 11) is 0. The number of hydrogen-bond donors (Lipinski definition) is 0. The highest BCUT2D eigenvalue weighted by atomic mass is 32.1. The molecule has 116 valence electrons. The first-order valence-electron chi connectivity index (χ1n) is 7.48. The number of rotatable bonds is 3. The maximum absolute atomic E-state index is 12.3. The minimum Gasteiger partial charge on any atom is -0.375 e. The van der Waals surface area contributed by atoms with E-state index in [9.17, 15) is 4.79 Å². The Labute approximate surface area is 129 Å². The maximum atomic E-state index is 12.3. The van der Waals surface area contributed by atoms with E-state index in [2.05, 4.69) is 14.8 Å². The van der Waals surface area contributed by atoms with E-state index < -0.39 is 0 Å². The van der Waals surface area contributed by atoms with E-state index in [4.69, 9.17) is 4.74 Å². The summed E-state index contributed by atoms with van der Waals surface area (Å²) in [6, 6.07) is 0. The first-order valence-corrected chi connectivity index (χ1v) is 8.36. The van der Waals surface area contributed by atoms with Crippen LogP contribution in [0.15, 0.2) is 11.6 Å². The molecule has 1 atom stereocenters. The Kier molecular flexibility index (Phi) is 4.72. The van der Waals surface area contributed by atoms with Crippen LogP contribution < -0.4 is 4.90 Å². The number of aromatic nitrogens is 1. The Balaban J connectivity index is 1.45. The van der Waals surface area contributed by atoms with Gasteiger partial charge in [0.15, 0.2) is 5.13 Å². The SMILES string of the molecule is C[C@H]1CN(C(=O)CN2CCN(c3nccs3)CC2)CCO1. The minimum absolute atomic E-state index is 0.157. The molecular weight excluding hydrogens is 288 g/mol. The van der Waals surface area contributed by atoms with Crippen LogP contribution in [0.1, 0.15) is 6.92 Å². The lowest BCUT2D eigenvalue weighted by molar-refractivity contribution is -0.139. The molecule has 1 aromatic rings. The van der Waals surface area contributed by atoms with Crippen LogP contribution in [0.25, 0.3) is 0 Å². The van der Waals surface area contributed by atoms with Crippen LogP contribution in [0.4, 0.5) is 5.13 Å². The Hall–Kier alpha value is -1.18. The standard InChI is InChI=1S/C14H22N4O2S/c1-12-10-18(7-8-20-12)13(19)11-16-3-5-17(6-4-16)14-15-2-9-21-14/h2,9,12H,3-8,10-11H2,1H3/t12-/m0/s1. The van der Waals surface area contributed by atoms with E-state index in [1.165, 1.54) is 0 Å². The van der Waals surface area contributed by atoms with E-state index in [1.807, 2.05) is 23.4 Å². The van der Waals surface area contributed by atoms with Gasteiger partial charge in [0.2, 0.25) is 5.91 Å². The van der Waals surface area contributed by atoms with Crippen LogP contribution >= 0.6 is 11.3 Å². The summed E-state index contributed by atoms with van der Waals surface area (Å²) < 4.78 is 5.48. The van der Waals surface area contributed by atoms with Crippen LogP contribution in [-0.2, 0) is 9.53 Å². The molecule has 2 aliphatic heterocycles. The molecule has 1 aromatic heterocycles. The monoisotopic (exact) mass is 310 g/mol. The van der Waals surface area contributed by atoms with Gasteiger partial charge in [-0.05, 0) is 6.92 Å². The van der Waals surface area contributed by atoms with Gasteiger partial charge in [0.1, 0.15) is 0 Å². The third-order valence-corrected chi connectivity index (χ3v) is 4.85. The lowest BCUT2D eigenvalue weighted by Gasteiger charge is -2.36. The van der Waals surface area contributed by atoms with Crippen molar-refractivity contribution in [3.63, 3.8) is 0 Å². The van der Waals surface area contributed by atoms with Gasteiger partial charge in [-0.3, -0.25) is 9.69 Å². The molecule has 7 heteroatoms. The number of amides is 1. The predicted molar refractivity (Wildman–Crippen MR) is 82.8 cm³/mol. The van der Waals surface area contributed by atoms with Crippen molar-refractivity contribution in [1.29, 1.82) is 0 Å². The highest BCUT2D eigenvalue weighted by Gasteiger charge is 2.25. The van der Waals surface area contributed by atoms with E-state index in [-0.39, 0.29) is 12.0 Å². The van der Waals surface area contributed by atoms with Gasteiger partial charge in [0.05, 0.1) is 19.3 Å². The van der Waals surface area contributed by atoms with Crippen molar-refractivity contribution in [2.24, 2.45) is 0 Å². The fourth-order valence-electron chi connectivity index (χ4n) is 2.81. The number of hydrogen-bond acceptors (Lipinski definition) is 6. The Bertz CT molecular complexity index is 460. The number of anilines is 1. The van der Waals surface area contributed by atoms with Gasteiger partial charge in [-0.15, -0.1) is 11.3 Å². The molecule has 2 aliphatic rings. The Morgan fingerprint density at radius 1 is 1.38 bits per heavy atom. The van der Waals surface area contributed by atoms with Crippen LogP contribution in [0.3, 0.4) is 0 Å². The average molecular weight is 310 g/mol. The fraction of sp³-hybridized carbons (Fsp3) is 0.714. The zero-order valence-corrected chi connectivity index (χ0v) is 13.2. The molecule has 0 aliphatic carbocycles. The van der Waals surface area contributed by atoms with Crippen molar-refractivity contribution in [2.75, 3.05) is 57.3 Å². The van der Waals surface area contributed by atoms with Crippen molar-refractivity contribution in [3.05, 3.63) is 11.6 Å². The first kappa shape index (κ1) is 14.7. The molecule has 0 aromatic carbocycles. The summed E-state index contributed by atoms with van der Waals surface area (Å²) >= 11 is 1.67. The van der Waals surface area contributed by atoms with Crippen molar-refractivity contribution >= 4 is 22.4 Å². The molecule has 0 spiro atoms. The summed E-state index contributed by atoms with van der Waals surface area (Å²) in [5.41, 5.74) is 0. The Morgan fingerprint density at radius 2 is 2.19 bits per heavy atom. The van der Waals surface area contributed by atoms with Gasteiger partial charge in [-0.2, -0.15) is 0 Å². The highest BCUT2D eigenvalue weighted by molar-refractivity contribution is 7.13. The lowest BCUT2D eigenvalue weighted by atomic mass is 10.2. The zero-order valence-electron chi connectivity index (χ0n) is 12.4. The predicted octanol–water partition coefficient (Wildman–Crippen LogP) is 0.512. The first-order chi connectivity index (χ1) is 10.2. The van der Waals surface area contributed by atoms with Crippen molar-refractivity contribution in [1.82, 2.24) is 14.8 Å². The Morgan fingerprint density at radius 3 is 2.86 bits per heavy atom. The van der Waals surface area contributed by atoms with E-state index in [0.717, 1.165) is 44.4 Å². The molecule has 6 nitrogen and oxygen atoms in total. The topological polar surface area (TPSA) is 48.9 Å². The third-order valence-electron chi connectivity index (χ3n) is 4.01. The van der Waals surface area contributed by atoms with Crippen molar-refractivity contribution in [3.8, 4) is 0 Å². The van der Waals surface area contributed by atoms with Gasteiger partial charge >= 0.3 is 0 Å². The molecule has 3 rings (SSSR count). The number of nitrogens with zero attached hydrogens (tertiary/aromatic N) is 4. The molecule has 3 heterocycles. The van der Waals surface area contributed by atoms with Crippen LogP contribution in [-0.4, -0.2) is 79.2 Å². The molecule has 2 fully saturated rings.